The van der Waals surface area contributed by atoms with Gasteiger partial charge < -0.3 is 14.2 Å². The van der Waals surface area contributed by atoms with Gasteiger partial charge in [0.25, 0.3) is 0 Å². The number of benzene rings is 2. The van der Waals surface area contributed by atoms with Gasteiger partial charge in [-0.15, -0.1) is 0 Å². The van der Waals surface area contributed by atoms with Crippen LogP contribution in [0.5, 0.6) is 5.75 Å². The number of hydrogen-bond donors (Lipinski definition) is 0. The van der Waals surface area contributed by atoms with Gasteiger partial charge >= 0.3 is 11.9 Å². The van der Waals surface area contributed by atoms with Gasteiger partial charge in [-0.1, -0.05) is 43.6 Å². The molecule has 7 nitrogen and oxygen atoms in total. The summed E-state index contributed by atoms with van der Waals surface area (Å²) in [4.78, 5) is 25.5. The molecule has 162 valence electrons. The van der Waals surface area contributed by atoms with Gasteiger partial charge in [-0.2, -0.15) is 5.10 Å². The number of methoxy groups -OCH3 is 2. The lowest BCUT2D eigenvalue weighted by Crippen LogP contribution is -2.15. The normalized spacial score (nSPS) is 10.8. The van der Waals surface area contributed by atoms with Gasteiger partial charge in [-0.05, 0) is 36.2 Å². The van der Waals surface area contributed by atoms with Crippen molar-refractivity contribution in [2.45, 2.75) is 13.8 Å². The predicted molar refractivity (Wildman–Crippen MR) is 117 cm³/mol. The quantitative estimate of drug-likeness (QED) is 0.489. The number of nitrogens with zero attached hydrogens (tertiary/aromatic N) is 2. The summed E-state index contributed by atoms with van der Waals surface area (Å²) in [7, 11) is 2.48. The Morgan fingerprint density at radius 1 is 1.03 bits per heavy atom. The molecule has 0 aliphatic heterocycles. The van der Waals surface area contributed by atoms with Crippen LogP contribution in [-0.4, -0.2) is 42.5 Å². The second-order valence-electron chi connectivity index (χ2n) is 7.15. The molecule has 0 unspecified atom stereocenters. The summed E-state index contributed by atoms with van der Waals surface area (Å²) in [6.07, 6.45) is 0. The molecule has 0 aliphatic rings. The Kier molecular flexibility index (Phi) is 6.97. The van der Waals surface area contributed by atoms with Crippen LogP contribution in [0.15, 0.2) is 48.5 Å². The predicted octanol–water partition coefficient (Wildman–Crippen LogP) is 4.80. The van der Waals surface area contributed by atoms with Crippen molar-refractivity contribution < 1.29 is 23.8 Å². The first-order chi connectivity index (χ1) is 14.9. The van der Waals surface area contributed by atoms with Crippen LogP contribution in [0.4, 0.5) is 0 Å². The summed E-state index contributed by atoms with van der Waals surface area (Å²) in [5, 5.41) is 5.02. The van der Waals surface area contributed by atoms with Crippen LogP contribution in [0.1, 0.15) is 34.7 Å². The fourth-order valence-electron chi connectivity index (χ4n) is 3.01. The third-order valence-corrected chi connectivity index (χ3v) is 4.66. The number of aromatic nitrogens is 2. The van der Waals surface area contributed by atoms with Crippen LogP contribution in [0.3, 0.4) is 0 Å². The third-order valence-electron chi connectivity index (χ3n) is 4.42. The van der Waals surface area contributed by atoms with Gasteiger partial charge in [0, 0.05) is 10.6 Å². The molecule has 0 amide bonds. The Labute approximate surface area is 185 Å². The van der Waals surface area contributed by atoms with Crippen LogP contribution >= 0.6 is 11.6 Å². The molecule has 0 aliphatic carbocycles. The van der Waals surface area contributed by atoms with Crippen LogP contribution in [0.25, 0.3) is 16.9 Å². The van der Waals surface area contributed by atoms with Crippen LogP contribution in [-0.2, 0) is 9.47 Å². The average molecular weight is 443 g/mol. The van der Waals surface area contributed by atoms with Gasteiger partial charge in [0.2, 0.25) is 0 Å². The Bertz CT molecular complexity index is 1090. The highest BCUT2D eigenvalue weighted by atomic mass is 35.5. The highest BCUT2D eigenvalue weighted by molar-refractivity contribution is 6.31. The zero-order chi connectivity index (χ0) is 22.5. The molecular formula is C23H23ClN2O5. The smallest absolute Gasteiger partial charge is 0.357 e. The largest absolute Gasteiger partial charge is 0.493 e. The van der Waals surface area contributed by atoms with Crippen molar-refractivity contribution in [3.63, 3.8) is 0 Å². The van der Waals surface area contributed by atoms with Crippen molar-refractivity contribution in [3.8, 4) is 22.7 Å². The molecule has 2 aromatic carbocycles. The van der Waals surface area contributed by atoms with Gasteiger partial charge in [0.15, 0.2) is 5.69 Å². The molecule has 0 fully saturated rings. The zero-order valence-electron chi connectivity index (χ0n) is 17.7. The number of hydrogen-bond acceptors (Lipinski definition) is 6. The molecule has 0 radical (unpaired) electrons. The second-order valence-corrected chi connectivity index (χ2v) is 7.58. The molecule has 0 atom stereocenters. The minimum Gasteiger partial charge on any atom is -0.493 e. The highest BCUT2D eigenvalue weighted by Crippen LogP contribution is 2.37. The molecule has 1 aromatic heterocycles. The zero-order valence-corrected chi connectivity index (χ0v) is 18.5. The van der Waals surface area contributed by atoms with E-state index in [0.717, 1.165) is 0 Å². The summed E-state index contributed by atoms with van der Waals surface area (Å²) in [5.74, 6) is -0.699. The maximum atomic E-state index is 12.8. The Balaban J connectivity index is 2.33. The van der Waals surface area contributed by atoms with E-state index in [9.17, 15) is 9.59 Å². The van der Waals surface area contributed by atoms with Crippen molar-refractivity contribution in [1.82, 2.24) is 9.78 Å². The SMILES string of the molecule is COC(=O)c1c(-c2cc(Cl)ccc2OCC(C)C)nn(-c2ccccc2)c1C(=O)OC. The van der Waals surface area contributed by atoms with E-state index in [1.54, 1.807) is 42.5 Å². The number of halogens is 1. The minimum absolute atomic E-state index is 0.0325. The molecule has 0 saturated carbocycles. The third kappa shape index (κ3) is 4.72. The molecule has 0 N–H and O–H groups in total. The van der Waals surface area contributed by atoms with Gasteiger partial charge in [0.05, 0.1) is 26.5 Å². The molecule has 1 heterocycles. The highest BCUT2D eigenvalue weighted by Gasteiger charge is 2.32. The summed E-state index contributed by atoms with van der Waals surface area (Å²) >= 11 is 6.25. The lowest BCUT2D eigenvalue weighted by molar-refractivity contribution is 0.0549. The van der Waals surface area contributed by atoms with E-state index < -0.39 is 11.9 Å². The summed E-state index contributed by atoms with van der Waals surface area (Å²) < 4.78 is 17.2. The van der Waals surface area contributed by atoms with E-state index in [1.165, 1.54) is 18.9 Å². The fourth-order valence-corrected chi connectivity index (χ4v) is 3.18. The Morgan fingerprint density at radius 2 is 1.71 bits per heavy atom. The molecule has 8 heteroatoms. The van der Waals surface area contributed by atoms with Crippen LogP contribution in [0.2, 0.25) is 5.02 Å². The molecule has 0 saturated heterocycles. The molecule has 0 spiro atoms. The van der Waals surface area contributed by atoms with Crippen molar-refractivity contribution in [2.24, 2.45) is 5.92 Å². The monoisotopic (exact) mass is 442 g/mol. The van der Waals surface area contributed by atoms with Gasteiger partial charge in [-0.3, -0.25) is 0 Å². The van der Waals surface area contributed by atoms with E-state index >= 15 is 0 Å². The van der Waals surface area contributed by atoms with E-state index in [0.29, 0.717) is 28.6 Å². The molecule has 31 heavy (non-hydrogen) atoms. The second kappa shape index (κ2) is 9.66. The summed E-state index contributed by atoms with van der Waals surface area (Å²) in [6.45, 7) is 4.50. The summed E-state index contributed by atoms with van der Waals surface area (Å²) in [6, 6.07) is 14.0. The first-order valence-corrected chi connectivity index (χ1v) is 10.0. The van der Waals surface area contributed by atoms with E-state index in [1.807, 2.05) is 19.9 Å². The van der Waals surface area contributed by atoms with Crippen molar-refractivity contribution in [1.29, 1.82) is 0 Å². The van der Waals surface area contributed by atoms with Crippen LogP contribution < -0.4 is 4.74 Å². The number of carbonyl (C=O) groups excluding carboxylic acids is 2. The molecular weight excluding hydrogens is 420 g/mol. The average Bonchev–Trinajstić information content (AvgIpc) is 3.18. The van der Waals surface area contributed by atoms with E-state index in [4.69, 9.17) is 25.8 Å². The number of carbonyl (C=O) groups is 2. The lowest BCUT2D eigenvalue weighted by atomic mass is 10.0. The standard InChI is InChI=1S/C23H23ClN2O5/c1-14(2)13-31-18-11-10-15(24)12-17(18)20-19(22(27)29-3)21(23(28)30-4)26(25-20)16-8-6-5-7-9-16/h5-12,14H,13H2,1-4H3. The number of esters is 2. The Hall–Kier alpha value is -3.32. The topological polar surface area (TPSA) is 79.7 Å². The summed E-state index contributed by atoms with van der Waals surface area (Å²) in [5.41, 5.74) is 1.16. The van der Waals surface area contributed by atoms with Crippen molar-refractivity contribution >= 4 is 23.5 Å². The number of para-hydroxylation sites is 1. The maximum Gasteiger partial charge on any atom is 0.357 e. The van der Waals surface area contributed by atoms with Crippen molar-refractivity contribution in [2.75, 3.05) is 20.8 Å². The fraction of sp³-hybridized carbons (Fsp3) is 0.261. The van der Waals surface area contributed by atoms with Gasteiger partial charge in [-0.25, -0.2) is 14.3 Å². The lowest BCUT2D eigenvalue weighted by Gasteiger charge is -2.13. The molecule has 3 aromatic rings. The van der Waals surface area contributed by atoms with E-state index in [2.05, 4.69) is 5.10 Å². The molecule has 0 bridgehead atoms. The Morgan fingerprint density at radius 3 is 2.32 bits per heavy atom. The minimum atomic E-state index is -0.729. The first-order valence-electron chi connectivity index (χ1n) is 9.65. The number of ether oxygens (including phenoxy) is 3. The van der Waals surface area contributed by atoms with Crippen LogP contribution in [0, 0.1) is 5.92 Å². The maximum absolute atomic E-state index is 12.8. The number of rotatable bonds is 7. The first kappa shape index (κ1) is 22.4. The molecule has 3 rings (SSSR count). The van der Waals surface area contributed by atoms with Crippen molar-refractivity contribution in [3.05, 3.63) is 64.8 Å². The van der Waals surface area contributed by atoms with E-state index in [-0.39, 0.29) is 22.9 Å². The van der Waals surface area contributed by atoms with Gasteiger partial charge in [0.1, 0.15) is 17.0 Å².